The van der Waals surface area contributed by atoms with E-state index >= 15 is 0 Å². The summed E-state index contributed by atoms with van der Waals surface area (Å²) in [6.45, 7) is 3.52. The molecule has 1 aromatic rings. The molecular weight excluding hydrogens is 259 g/mol. The molecule has 0 radical (unpaired) electrons. The number of hydrogen-bond acceptors (Lipinski definition) is 4. The van der Waals surface area contributed by atoms with E-state index in [2.05, 4.69) is 5.32 Å². The van der Waals surface area contributed by atoms with Gasteiger partial charge in [-0.15, -0.1) is 0 Å². The van der Waals surface area contributed by atoms with Crippen molar-refractivity contribution in [3.05, 3.63) is 17.9 Å². The first-order chi connectivity index (χ1) is 9.70. The van der Waals surface area contributed by atoms with E-state index in [0.29, 0.717) is 37.2 Å². The van der Waals surface area contributed by atoms with Gasteiger partial charge in [0.05, 0.1) is 30.7 Å². The van der Waals surface area contributed by atoms with Crippen LogP contribution in [0.2, 0.25) is 0 Å². The zero-order valence-electron chi connectivity index (χ0n) is 12.0. The van der Waals surface area contributed by atoms with E-state index in [0.717, 1.165) is 12.8 Å². The Kier molecular flexibility index (Phi) is 5.47. The molecular formula is C15H23FN2O2. The second-order valence-electron chi connectivity index (χ2n) is 5.01. The molecule has 0 spiro atoms. The molecule has 0 unspecified atom stereocenters. The molecule has 5 heteroatoms. The lowest BCUT2D eigenvalue weighted by Crippen LogP contribution is -2.16. The molecule has 0 aromatic heterocycles. The average Bonchev–Trinajstić information content (AvgIpc) is 2.92. The monoisotopic (exact) mass is 282 g/mol. The van der Waals surface area contributed by atoms with E-state index in [4.69, 9.17) is 15.2 Å². The van der Waals surface area contributed by atoms with E-state index < -0.39 is 5.82 Å². The summed E-state index contributed by atoms with van der Waals surface area (Å²) in [6, 6.07) is 2.88. The molecule has 1 aromatic carbocycles. The molecule has 0 bridgehead atoms. The summed E-state index contributed by atoms with van der Waals surface area (Å²) in [5.74, 6) is -0.210. The van der Waals surface area contributed by atoms with E-state index in [1.807, 2.05) is 6.92 Å². The number of nitrogen functional groups attached to an aromatic ring is 1. The standard InChI is InChI=1S/C15H23FN2O2/c1-2-19-15-10-14(13(17)9-12(15)16)18-7-8-20-11-5-3-4-6-11/h9-11,18H,2-8,17H2,1H3. The highest BCUT2D eigenvalue weighted by atomic mass is 19.1. The molecule has 4 nitrogen and oxygen atoms in total. The SMILES string of the molecule is CCOc1cc(NCCOC2CCCC2)c(N)cc1F. The second kappa shape index (κ2) is 7.33. The van der Waals surface area contributed by atoms with Gasteiger partial charge in [-0.05, 0) is 19.8 Å². The Hall–Kier alpha value is -1.49. The second-order valence-corrected chi connectivity index (χ2v) is 5.01. The summed E-state index contributed by atoms with van der Waals surface area (Å²) >= 11 is 0. The molecule has 0 amide bonds. The average molecular weight is 282 g/mol. The van der Waals surface area contributed by atoms with Gasteiger partial charge in [0.25, 0.3) is 0 Å². The fourth-order valence-electron chi connectivity index (χ4n) is 2.45. The quantitative estimate of drug-likeness (QED) is 0.596. The van der Waals surface area contributed by atoms with Gasteiger partial charge in [0.1, 0.15) is 0 Å². The van der Waals surface area contributed by atoms with Crippen molar-refractivity contribution in [1.29, 1.82) is 0 Å². The van der Waals surface area contributed by atoms with Crippen LogP contribution in [0, 0.1) is 5.82 Å². The van der Waals surface area contributed by atoms with Gasteiger partial charge in [0.15, 0.2) is 11.6 Å². The van der Waals surface area contributed by atoms with Crippen molar-refractivity contribution in [2.75, 3.05) is 30.8 Å². The number of hydrogen-bond donors (Lipinski definition) is 2. The molecule has 0 heterocycles. The summed E-state index contributed by atoms with van der Waals surface area (Å²) < 4.78 is 24.5. The van der Waals surface area contributed by atoms with Crippen LogP contribution in [0.4, 0.5) is 15.8 Å². The highest BCUT2D eigenvalue weighted by Crippen LogP contribution is 2.28. The number of rotatable bonds is 7. The summed E-state index contributed by atoms with van der Waals surface area (Å²) in [5, 5.41) is 3.17. The van der Waals surface area contributed by atoms with E-state index in [9.17, 15) is 4.39 Å². The van der Waals surface area contributed by atoms with Gasteiger partial charge < -0.3 is 20.5 Å². The van der Waals surface area contributed by atoms with Crippen LogP contribution < -0.4 is 15.8 Å². The van der Waals surface area contributed by atoms with Crippen molar-refractivity contribution in [1.82, 2.24) is 0 Å². The van der Waals surface area contributed by atoms with Crippen LogP contribution in [0.1, 0.15) is 32.6 Å². The van der Waals surface area contributed by atoms with Crippen LogP contribution in [-0.2, 0) is 4.74 Å². The van der Waals surface area contributed by atoms with Crippen molar-refractivity contribution < 1.29 is 13.9 Å². The van der Waals surface area contributed by atoms with Gasteiger partial charge in [0.2, 0.25) is 0 Å². The molecule has 112 valence electrons. The Morgan fingerprint density at radius 1 is 1.35 bits per heavy atom. The normalized spacial score (nSPS) is 15.5. The number of benzene rings is 1. The molecule has 3 N–H and O–H groups in total. The number of ether oxygens (including phenoxy) is 2. The Bertz CT molecular complexity index is 434. The molecule has 0 atom stereocenters. The maximum Gasteiger partial charge on any atom is 0.167 e. The van der Waals surface area contributed by atoms with Crippen molar-refractivity contribution in [2.24, 2.45) is 0 Å². The number of halogens is 1. The Morgan fingerprint density at radius 2 is 2.10 bits per heavy atom. The molecule has 1 aliphatic carbocycles. The number of nitrogens with two attached hydrogens (primary N) is 1. The molecule has 0 aliphatic heterocycles. The van der Waals surface area contributed by atoms with Crippen molar-refractivity contribution in [3.8, 4) is 5.75 Å². The fraction of sp³-hybridized carbons (Fsp3) is 0.600. The van der Waals surface area contributed by atoms with E-state index in [-0.39, 0.29) is 5.75 Å². The Labute approximate surface area is 119 Å². The van der Waals surface area contributed by atoms with Crippen LogP contribution in [0.5, 0.6) is 5.75 Å². The van der Waals surface area contributed by atoms with Crippen LogP contribution in [0.25, 0.3) is 0 Å². The fourth-order valence-corrected chi connectivity index (χ4v) is 2.45. The summed E-state index contributed by atoms with van der Waals surface area (Å²) in [4.78, 5) is 0. The minimum atomic E-state index is -0.433. The first kappa shape index (κ1) is 14.9. The third-order valence-corrected chi connectivity index (χ3v) is 3.48. The van der Waals surface area contributed by atoms with Crippen LogP contribution >= 0.6 is 0 Å². The van der Waals surface area contributed by atoms with Crippen LogP contribution in [-0.4, -0.2) is 25.9 Å². The van der Waals surface area contributed by atoms with E-state index in [1.54, 1.807) is 6.07 Å². The molecule has 1 fully saturated rings. The minimum Gasteiger partial charge on any atom is -0.491 e. The first-order valence-corrected chi connectivity index (χ1v) is 7.28. The highest BCUT2D eigenvalue weighted by Gasteiger charge is 2.15. The van der Waals surface area contributed by atoms with Crippen LogP contribution in [0.15, 0.2) is 12.1 Å². The Morgan fingerprint density at radius 3 is 2.80 bits per heavy atom. The number of nitrogens with one attached hydrogen (secondary N) is 1. The Balaban J connectivity index is 1.83. The van der Waals surface area contributed by atoms with Crippen LogP contribution in [0.3, 0.4) is 0 Å². The molecule has 0 saturated heterocycles. The summed E-state index contributed by atoms with van der Waals surface area (Å²) in [6.07, 6.45) is 5.25. The lowest BCUT2D eigenvalue weighted by atomic mass is 10.2. The largest absolute Gasteiger partial charge is 0.491 e. The van der Waals surface area contributed by atoms with Gasteiger partial charge in [-0.3, -0.25) is 0 Å². The third kappa shape index (κ3) is 4.00. The highest BCUT2D eigenvalue weighted by molar-refractivity contribution is 5.68. The lowest BCUT2D eigenvalue weighted by Gasteiger charge is -2.14. The maximum atomic E-state index is 13.6. The summed E-state index contributed by atoms with van der Waals surface area (Å²) in [5.41, 5.74) is 6.86. The van der Waals surface area contributed by atoms with Gasteiger partial charge in [0, 0.05) is 18.7 Å². The maximum absolute atomic E-state index is 13.6. The van der Waals surface area contributed by atoms with Gasteiger partial charge in [-0.1, -0.05) is 12.8 Å². The molecule has 1 aliphatic rings. The van der Waals surface area contributed by atoms with Gasteiger partial charge in [-0.25, -0.2) is 4.39 Å². The minimum absolute atomic E-state index is 0.223. The lowest BCUT2D eigenvalue weighted by molar-refractivity contribution is 0.0659. The van der Waals surface area contributed by atoms with Gasteiger partial charge in [-0.2, -0.15) is 0 Å². The van der Waals surface area contributed by atoms with Crippen molar-refractivity contribution in [3.63, 3.8) is 0 Å². The topological polar surface area (TPSA) is 56.5 Å². The van der Waals surface area contributed by atoms with Gasteiger partial charge >= 0.3 is 0 Å². The van der Waals surface area contributed by atoms with E-state index in [1.165, 1.54) is 18.9 Å². The van der Waals surface area contributed by atoms with Crippen molar-refractivity contribution in [2.45, 2.75) is 38.7 Å². The molecule has 1 saturated carbocycles. The molecule has 2 rings (SSSR count). The number of anilines is 2. The first-order valence-electron chi connectivity index (χ1n) is 7.28. The smallest absolute Gasteiger partial charge is 0.167 e. The van der Waals surface area contributed by atoms with Crippen molar-refractivity contribution >= 4 is 11.4 Å². The summed E-state index contributed by atoms with van der Waals surface area (Å²) in [7, 11) is 0. The predicted octanol–water partition coefficient (Wildman–Crippen LogP) is 3.18. The zero-order valence-corrected chi connectivity index (χ0v) is 12.0. The predicted molar refractivity (Wildman–Crippen MR) is 78.7 cm³/mol. The molecule has 20 heavy (non-hydrogen) atoms. The zero-order chi connectivity index (χ0) is 14.4. The third-order valence-electron chi connectivity index (χ3n) is 3.48.